The van der Waals surface area contributed by atoms with E-state index < -0.39 is 5.97 Å². The highest BCUT2D eigenvalue weighted by Crippen LogP contribution is 1.96. The summed E-state index contributed by atoms with van der Waals surface area (Å²) in [5, 5.41) is 14.7. The monoisotopic (exact) mass is 268 g/mol. The largest absolute Gasteiger partial charge is 0.478 e. The van der Waals surface area contributed by atoms with E-state index in [-0.39, 0.29) is 0 Å². The van der Waals surface area contributed by atoms with Gasteiger partial charge in [0.2, 0.25) is 0 Å². The van der Waals surface area contributed by atoms with E-state index in [1.807, 2.05) is 0 Å². The Morgan fingerprint density at radius 2 is 1.42 bits per heavy atom. The third kappa shape index (κ3) is 11.4. The zero-order valence-electron chi connectivity index (χ0n) is 11.1. The molecule has 1 aromatic carbocycles. The summed E-state index contributed by atoms with van der Waals surface area (Å²) in [6.07, 6.45) is 0. The maximum atomic E-state index is 10.2. The van der Waals surface area contributed by atoms with Crippen LogP contribution in [0.2, 0.25) is 0 Å². The molecule has 0 bridgehead atoms. The Kier molecular flexibility index (Phi) is 12.0. The summed E-state index contributed by atoms with van der Waals surface area (Å²) in [5.41, 5.74) is 10.9. The number of carbonyl (C=O) groups is 1. The van der Waals surface area contributed by atoms with Crippen LogP contribution in [0.5, 0.6) is 0 Å². The van der Waals surface area contributed by atoms with E-state index >= 15 is 0 Å². The standard InChI is InChI=1S/C7H6O2.C6H18N4/c8-7(9)6-4-2-1-3-5-6;7-1-3-9-5-6-10-4-2-8/h1-5H,(H,8,9);9-10H,1-8H2. The van der Waals surface area contributed by atoms with Gasteiger partial charge in [-0.15, -0.1) is 0 Å². The molecule has 0 aliphatic carbocycles. The second-order valence-corrected chi connectivity index (χ2v) is 3.75. The number of rotatable bonds is 8. The van der Waals surface area contributed by atoms with Crippen molar-refractivity contribution in [3.05, 3.63) is 35.9 Å². The summed E-state index contributed by atoms with van der Waals surface area (Å²) < 4.78 is 0. The van der Waals surface area contributed by atoms with Crippen LogP contribution in [0.4, 0.5) is 0 Å². The second kappa shape index (κ2) is 13.0. The molecule has 108 valence electrons. The Labute approximate surface area is 114 Å². The van der Waals surface area contributed by atoms with Crippen LogP contribution < -0.4 is 22.1 Å². The SMILES string of the molecule is NCCNCCNCCN.O=C(O)c1ccccc1. The van der Waals surface area contributed by atoms with Gasteiger partial charge in [-0.2, -0.15) is 0 Å². The average molecular weight is 268 g/mol. The molecule has 0 spiro atoms. The average Bonchev–Trinajstić information content (AvgIpc) is 2.44. The number of nitrogens with one attached hydrogen (secondary N) is 2. The van der Waals surface area contributed by atoms with Crippen LogP contribution in [-0.2, 0) is 0 Å². The molecule has 0 atom stereocenters. The first-order valence-electron chi connectivity index (χ1n) is 6.32. The first-order chi connectivity index (χ1) is 9.22. The lowest BCUT2D eigenvalue weighted by Gasteiger charge is -2.03. The molecular formula is C13H24N4O2. The van der Waals surface area contributed by atoms with Crippen molar-refractivity contribution in [3.63, 3.8) is 0 Å². The fraction of sp³-hybridized carbons (Fsp3) is 0.462. The Balaban J connectivity index is 0.000000342. The molecule has 6 nitrogen and oxygen atoms in total. The van der Waals surface area contributed by atoms with Crippen molar-refractivity contribution in [3.8, 4) is 0 Å². The first-order valence-corrected chi connectivity index (χ1v) is 6.32. The number of hydrogen-bond acceptors (Lipinski definition) is 5. The zero-order valence-corrected chi connectivity index (χ0v) is 11.1. The van der Waals surface area contributed by atoms with Crippen molar-refractivity contribution in [2.75, 3.05) is 39.3 Å². The van der Waals surface area contributed by atoms with Crippen molar-refractivity contribution in [2.45, 2.75) is 0 Å². The van der Waals surface area contributed by atoms with Crippen LogP contribution >= 0.6 is 0 Å². The predicted octanol–water partition coefficient (Wildman–Crippen LogP) is -0.532. The summed E-state index contributed by atoms with van der Waals surface area (Å²) in [5.74, 6) is -0.879. The van der Waals surface area contributed by atoms with Gasteiger partial charge in [0.15, 0.2) is 0 Å². The van der Waals surface area contributed by atoms with Gasteiger partial charge >= 0.3 is 5.97 Å². The fourth-order valence-electron chi connectivity index (χ4n) is 1.21. The summed E-state index contributed by atoms with van der Waals surface area (Å²) in [6, 6.07) is 8.30. The van der Waals surface area contributed by atoms with Crippen LogP contribution in [0, 0.1) is 0 Å². The first kappa shape index (κ1) is 17.5. The molecule has 0 radical (unpaired) electrons. The predicted molar refractivity (Wildman–Crippen MR) is 77.2 cm³/mol. The minimum Gasteiger partial charge on any atom is -0.478 e. The molecule has 0 amide bonds. The van der Waals surface area contributed by atoms with Gasteiger partial charge in [-0.05, 0) is 12.1 Å². The van der Waals surface area contributed by atoms with Crippen molar-refractivity contribution in [2.24, 2.45) is 11.5 Å². The molecule has 0 aromatic heterocycles. The zero-order chi connectivity index (χ0) is 14.3. The normalized spacial score (nSPS) is 9.58. The van der Waals surface area contributed by atoms with Crippen LogP contribution in [0.25, 0.3) is 0 Å². The summed E-state index contributed by atoms with van der Waals surface area (Å²) in [4.78, 5) is 10.2. The number of carboxylic acids is 1. The Morgan fingerprint density at radius 1 is 0.947 bits per heavy atom. The second-order valence-electron chi connectivity index (χ2n) is 3.75. The minimum atomic E-state index is -0.879. The van der Waals surface area contributed by atoms with Gasteiger partial charge in [0.1, 0.15) is 0 Å². The van der Waals surface area contributed by atoms with Gasteiger partial charge in [0.05, 0.1) is 5.56 Å². The lowest BCUT2D eigenvalue weighted by molar-refractivity contribution is 0.0697. The summed E-state index contributed by atoms with van der Waals surface area (Å²) in [6.45, 7) is 5.14. The van der Waals surface area contributed by atoms with E-state index in [0.29, 0.717) is 18.7 Å². The molecule has 0 saturated carbocycles. The van der Waals surface area contributed by atoms with Gasteiger partial charge < -0.3 is 27.2 Å². The molecule has 0 aliphatic heterocycles. The van der Waals surface area contributed by atoms with E-state index in [4.69, 9.17) is 16.6 Å². The van der Waals surface area contributed by atoms with Gasteiger partial charge in [0, 0.05) is 39.3 Å². The molecule has 1 aromatic rings. The van der Waals surface area contributed by atoms with E-state index in [1.54, 1.807) is 30.3 Å². The molecule has 19 heavy (non-hydrogen) atoms. The number of carboxylic acid groups (broad SMARTS) is 1. The molecule has 1 rings (SSSR count). The third-order valence-electron chi connectivity index (χ3n) is 2.14. The Hall–Kier alpha value is -1.47. The molecule has 0 fully saturated rings. The number of nitrogens with two attached hydrogens (primary N) is 2. The van der Waals surface area contributed by atoms with Gasteiger partial charge in [-0.1, -0.05) is 18.2 Å². The van der Waals surface area contributed by atoms with Crippen LogP contribution in [0.1, 0.15) is 10.4 Å². The van der Waals surface area contributed by atoms with Crippen molar-refractivity contribution < 1.29 is 9.90 Å². The topological polar surface area (TPSA) is 113 Å². The van der Waals surface area contributed by atoms with Crippen LogP contribution in [-0.4, -0.2) is 50.3 Å². The minimum absolute atomic E-state index is 0.331. The highest BCUT2D eigenvalue weighted by molar-refractivity contribution is 5.87. The highest BCUT2D eigenvalue weighted by atomic mass is 16.4. The van der Waals surface area contributed by atoms with Crippen molar-refractivity contribution in [1.29, 1.82) is 0 Å². The van der Waals surface area contributed by atoms with E-state index in [0.717, 1.165) is 26.2 Å². The summed E-state index contributed by atoms with van der Waals surface area (Å²) in [7, 11) is 0. The molecule has 0 saturated heterocycles. The van der Waals surface area contributed by atoms with E-state index in [2.05, 4.69) is 10.6 Å². The molecule has 7 N–H and O–H groups in total. The molecule has 0 unspecified atom stereocenters. The third-order valence-corrected chi connectivity index (χ3v) is 2.14. The number of benzene rings is 1. The van der Waals surface area contributed by atoms with Gasteiger partial charge in [-0.25, -0.2) is 4.79 Å². The molecule has 6 heteroatoms. The molecular weight excluding hydrogens is 244 g/mol. The van der Waals surface area contributed by atoms with Crippen LogP contribution in [0.3, 0.4) is 0 Å². The highest BCUT2D eigenvalue weighted by Gasteiger charge is 1.96. The Morgan fingerprint density at radius 3 is 1.74 bits per heavy atom. The smallest absolute Gasteiger partial charge is 0.335 e. The lowest BCUT2D eigenvalue weighted by Crippen LogP contribution is -2.32. The Bertz CT molecular complexity index is 312. The van der Waals surface area contributed by atoms with Crippen molar-refractivity contribution in [1.82, 2.24) is 10.6 Å². The molecule has 0 heterocycles. The maximum absolute atomic E-state index is 10.2. The summed E-state index contributed by atoms with van der Waals surface area (Å²) >= 11 is 0. The van der Waals surface area contributed by atoms with E-state index in [1.165, 1.54) is 0 Å². The van der Waals surface area contributed by atoms with Crippen molar-refractivity contribution >= 4 is 5.97 Å². The quantitative estimate of drug-likeness (QED) is 0.405. The number of hydrogen-bond donors (Lipinski definition) is 5. The number of aromatic carboxylic acids is 1. The van der Waals surface area contributed by atoms with Gasteiger partial charge in [0.25, 0.3) is 0 Å². The van der Waals surface area contributed by atoms with Crippen LogP contribution in [0.15, 0.2) is 30.3 Å². The van der Waals surface area contributed by atoms with E-state index in [9.17, 15) is 4.79 Å². The molecule has 0 aliphatic rings. The maximum Gasteiger partial charge on any atom is 0.335 e. The fourth-order valence-corrected chi connectivity index (χ4v) is 1.21. The van der Waals surface area contributed by atoms with Gasteiger partial charge in [-0.3, -0.25) is 0 Å². The lowest BCUT2D eigenvalue weighted by atomic mass is 10.2.